The van der Waals surface area contributed by atoms with Crippen LogP contribution in [0.4, 0.5) is 0 Å². The second-order valence-corrected chi connectivity index (χ2v) is 6.78. The first-order chi connectivity index (χ1) is 14.4. The van der Waals surface area contributed by atoms with Crippen molar-refractivity contribution in [1.29, 1.82) is 0 Å². The fourth-order valence-electron chi connectivity index (χ4n) is 2.37. The van der Waals surface area contributed by atoms with Crippen LogP contribution in [0.25, 0.3) is 0 Å². The Bertz CT molecular complexity index is 685. The molecule has 0 aromatic rings. The Kier molecular flexibility index (Phi) is 12.4. The van der Waals surface area contributed by atoms with Gasteiger partial charge < -0.3 is 42.7 Å². The number of nitrogens with two attached hydrogens (primary N) is 2. The van der Waals surface area contributed by atoms with Crippen molar-refractivity contribution in [3.63, 3.8) is 0 Å². The highest BCUT2D eigenvalue weighted by molar-refractivity contribution is 5.95. The van der Waals surface area contributed by atoms with Gasteiger partial charge in [-0.3, -0.25) is 24.0 Å². The molecule has 0 aliphatic carbocycles. The van der Waals surface area contributed by atoms with Crippen molar-refractivity contribution in [1.82, 2.24) is 16.0 Å². The zero-order valence-corrected chi connectivity index (χ0v) is 17.0. The molecular weight excluding hydrogens is 418 g/mol. The molecule has 4 unspecified atom stereocenters. The molecule has 176 valence electrons. The lowest BCUT2D eigenvalue weighted by Crippen LogP contribution is -2.56. The minimum atomic E-state index is -1.70. The lowest BCUT2D eigenvalue weighted by atomic mass is 10.1. The molecule has 0 aliphatic rings. The molecule has 0 heterocycles. The molecule has 0 fully saturated rings. The molecule has 14 nitrogen and oxygen atoms in total. The summed E-state index contributed by atoms with van der Waals surface area (Å²) in [4.78, 5) is 69.2. The van der Waals surface area contributed by atoms with E-state index in [2.05, 4.69) is 16.0 Å². The molecule has 0 bridgehead atoms. The maximum Gasteiger partial charge on any atom is 0.326 e. The normalized spacial score (nSPS) is 14.4. The SMILES string of the molecule is CC(NC(=O)C(N)CC(=O)O)C(=O)NC(CCCCN)C(=O)NC(CC(=O)O)C(=O)O. The zero-order chi connectivity index (χ0) is 24.1. The van der Waals surface area contributed by atoms with Gasteiger partial charge in [0, 0.05) is 0 Å². The van der Waals surface area contributed by atoms with Crippen molar-refractivity contribution in [2.75, 3.05) is 6.54 Å². The Morgan fingerprint density at radius 1 is 0.774 bits per heavy atom. The average Bonchev–Trinajstić information content (AvgIpc) is 2.65. The van der Waals surface area contributed by atoms with Gasteiger partial charge in [0.1, 0.15) is 18.1 Å². The number of unbranched alkanes of at least 4 members (excludes halogenated alkanes) is 1. The summed E-state index contributed by atoms with van der Waals surface area (Å²) in [6, 6.07) is -5.50. The van der Waals surface area contributed by atoms with E-state index in [9.17, 15) is 28.8 Å². The number of hydrogen-bond acceptors (Lipinski definition) is 8. The molecule has 0 rings (SSSR count). The van der Waals surface area contributed by atoms with Crippen molar-refractivity contribution in [3.05, 3.63) is 0 Å². The topological polar surface area (TPSA) is 251 Å². The maximum absolute atomic E-state index is 12.5. The number of aliphatic carboxylic acids is 3. The molecule has 0 aromatic heterocycles. The fraction of sp³-hybridized carbons (Fsp3) is 0.647. The van der Waals surface area contributed by atoms with Crippen molar-refractivity contribution in [2.24, 2.45) is 11.5 Å². The van der Waals surface area contributed by atoms with Gasteiger partial charge in [0.2, 0.25) is 17.7 Å². The summed E-state index contributed by atoms with van der Waals surface area (Å²) in [6.45, 7) is 1.59. The Labute approximate surface area is 177 Å². The van der Waals surface area contributed by atoms with Gasteiger partial charge in [-0.2, -0.15) is 0 Å². The maximum atomic E-state index is 12.5. The van der Waals surface area contributed by atoms with Gasteiger partial charge in [-0.05, 0) is 32.7 Å². The standard InChI is InChI=1S/C17H29N5O9/c1-8(20-15(28)9(19)6-12(23)24)14(27)21-10(4-2-3-5-18)16(29)22-11(17(30)31)7-13(25)26/h8-11H,2-7,18-19H2,1H3,(H,20,28)(H,21,27)(H,22,29)(H,23,24)(H,25,26)(H,30,31). The van der Waals surface area contributed by atoms with Crippen molar-refractivity contribution in [3.8, 4) is 0 Å². The zero-order valence-electron chi connectivity index (χ0n) is 17.0. The van der Waals surface area contributed by atoms with E-state index < -0.39 is 72.6 Å². The minimum absolute atomic E-state index is 0.0768. The Balaban J connectivity index is 5.14. The highest BCUT2D eigenvalue weighted by Gasteiger charge is 2.29. The summed E-state index contributed by atoms with van der Waals surface area (Å²) in [6.07, 6.45) is -0.528. The third-order valence-electron chi connectivity index (χ3n) is 4.06. The second kappa shape index (κ2) is 13.9. The van der Waals surface area contributed by atoms with E-state index in [0.717, 1.165) is 0 Å². The Morgan fingerprint density at radius 3 is 1.81 bits per heavy atom. The van der Waals surface area contributed by atoms with Gasteiger partial charge in [0.25, 0.3) is 0 Å². The lowest BCUT2D eigenvalue weighted by Gasteiger charge is -2.23. The molecule has 0 saturated heterocycles. The lowest BCUT2D eigenvalue weighted by molar-refractivity contribution is -0.147. The number of carbonyl (C=O) groups is 6. The summed E-state index contributed by atoms with van der Waals surface area (Å²) in [7, 11) is 0. The van der Waals surface area contributed by atoms with Crippen LogP contribution in [-0.2, 0) is 28.8 Å². The Hall–Kier alpha value is -3.26. The first-order valence-electron chi connectivity index (χ1n) is 9.42. The number of nitrogens with one attached hydrogen (secondary N) is 3. The number of carboxylic acids is 3. The largest absolute Gasteiger partial charge is 0.481 e. The monoisotopic (exact) mass is 447 g/mol. The molecular formula is C17H29N5O9. The van der Waals surface area contributed by atoms with Crippen LogP contribution in [-0.4, -0.2) is 81.7 Å². The van der Waals surface area contributed by atoms with E-state index in [4.69, 9.17) is 26.8 Å². The van der Waals surface area contributed by atoms with Crippen LogP contribution in [0.1, 0.15) is 39.0 Å². The molecule has 0 spiro atoms. The van der Waals surface area contributed by atoms with Crippen LogP contribution in [0, 0.1) is 0 Å². The Morgan fingerprint density at radius 2 is 1.32 bits per heavy atom. The van der Waals surface area contributed by atoms with E-state index in [1.165, 1.54) is 6.92 Å². The van der Waals surface area contributed by atoms with Crippen molar-refractivity contribution < 1.29 is 44.1 Å². The van der Waals surface area contributed by atoms with Gasteiger partial charge in [-0.15, -0.1) is 0 Å². The summed E-state index contributed by atoms with van der Waals surface area (Å²) >= 11 is 0. The second-order valence-electron chi connectivity index (χ2n) is 6.78. The van der Waals surface area contributed by atoms with Crippen LogP contribution in [0.2, 0.25) is 0 Å². The molecule has 31 heavy (non-hydrogen) atoms. The van der Waals surface area contributed by atoms with Crippen LogP contribution in [0.5, 0.6) is 0 Å². The quantitative estimate of drug-likeness (QED) is 0.117. The predicted octanol–water partition coefficient (Wildman–Crippen LogP) is -3.05. The van der Waals surface area contributed by atoms with Crippen LogP contribution >= 0.6 is 0 Å². The van der Waals surface area contributed by atoms with Gasteiger partial charge in [-0.25, -0.2) is 4.79 Å². The summed E-state index contributed by atoms with van der Waals surface area (Å²) in [5.41, 5.74) is 10.8. The number of carbonyl (C=O) groups excluding carboxylic acids is 3. The van der Waals surface area contributed by atoms with E-state index in [1.54, 1.807) is 0 Å². The molecule has 14 heteroatoms. The van der Waals surface area contributed by atoms with E-state index in [0.29, 0.717) is 19.4 Å². The number of rotatable bonds is 15. The van der Waals surface area contributed by atoms with Crippen molar-refractivity contribution in [2.45, 2.75) is 63.2 Å². The predicted molar refractivity (Wildman–Crippen MR) is 104 cm³/mol. The minimum Gasteiger partial charge on any atom is -0.481 e. The average molecular weight is 447 g/mol. The fourth-order valence-corrected chi connectivity index (χ4v) is 2.37. The molecule has 4 atom stereocenters. The van der Waals surface area contributed by atoms with Crippen LogP contribution in [0.15, 0.2) is 0 Å². The molecule has 0 aromatic carbocycles. The third kappa shape index (κ3) is 11.5. The van der Waals surface area contributed by atoms with Gasteiger partial charge in [0.05, 0.1) is 18.9 Å². The molecule has 0 aliphatic heterocycles. The number of hydrogen-bond donors (Lipinski definition) is 8. The molecule has 10 N–H and O–H groups in total. The van der Waals surface area contributed by atoms with E-state index in [1.807, 2.05) is 0 Å². The highest BCUT2D eigenvalue weighted by Crippen LogP contribution is 2.04. The van der Waals surface area contributed by atoms with Crippen LogP contribution < -0.4 is 27.4 Å². The molecule has 0 radical (unpaired) electrons. The van der Waals surface area contributed by atoms with E-state index in [-0.39, 0.29) is 6.42 Å². The molecule has 3 amide bonds. The summed E-state index contributed by atoms with van der Waals surface area (Å²) in [5, 5.41) is 33.1. The smallest absolute Gasteiger partial charge is 0.326 e. The number of carboxylic acid groups (broad SMARTS) is 3. The molecule has 0 saturated carbocycles. The number of amides is 3. The van der Waals surface area contributed by atoms with Gasteiger partial charge in [-0.1, -0.05) is 0 Å². The first-order valence-corrected chi connectivity index (χ1v) is 9.42. The summed E-state index contributed by atoms with van der Waals surface area (Å²) < 4.78 is 0. The first kappa shape index (κ1) is 27.7. The van der Waals surface area contributed by atoms with Crippen molar-refractivity contribution >= 4 is 35.6 Å². The third-order valence-corrected chi connectivity index (χ3v) is 4.06. The van der Waals surface area contributed by atoms with Gasteiger partial charge >= 0.3 is 17.9 Å². The summed E-state index contributed by atoms with van der Waals surface area (Å²) in [5.74, 6) is -6.91. The van der Waals surface area contributed by atoms with Gasteiger partial charge in [0.15, 0.2) is 0 Å². The van der Waals surface area contributed by atoms with Crippen LogP contribution in [0.3, 0.4) is 0 Å². The van der Waals surface area contributed by atoms with E-state index >= 15 is 0 Å². The highest BCUT2D eigenvalue weighted by atomic mass is 16.4.